The lowest BCUT2D eigenvalue weighted by atomic mass is 10.1. The van der Waals surface area contributed by atoms with E-state index in [2.05, 4.69) is 10.5 Å². The van der Waals surface area contributed by atoms with Crippen molar-refractivity contribution in [2.45, 2.75) is 6.18 Å². The predicted octanol–water partition coefficient (Wildman–Crippen LogP) is 5.89. The summed E-state index contributed by atoms with van der Waals surface area (Å²) in [6.07, 6.45) is -3.18. The van der Waals surface area contributed by atoms with Gasteiger partial charge < -0.3 is 9.15 Å². The van der Waals surface area contributed by atoms with E-state index in [0.717, 1.165) is 22.9 Å². The van der Waals surface area contributed by atoms with E-state index in [1.54, 1.807) is 18.2 Å². The first-order chi connectivity index (χ1) is 15.3. The van der Waals surface area contributed by atoms with Crippen molar-refractivity contribution in [1.82, 2.24) is 5.43 Å². The van der Waals surface area contributed by atoms with E-state index in [1.165, 1.54) is 31.5 Å². The highest BCUT2D eigenvalue weighted by Crippen LogP contribution is 2.32. The summed E-state index contributed by atoms with van der Waals surface area (Å²) >= 11 is 0. The van der Waals surface area contributed by atoms with Gasteiger partial charge in [-0.05, 0) is 47.2 Å². The monoisotopic (exact) mass is 438 g/mol. The number of nitrogens with zero attached hydrogens (tertiary/aromatic N) is 1. The van der Waals surface area contributed by atoms with Crippen LogP contribution in [0, 0.1) is 0 Å². The van der Waals surface area contributed by atoms with Gasteiger partial charge in [0.15, 0.2) is 0 Å². The lowest BCUT2D eigenvalue weighted by Crippen LogP contribution is -2.18. The number of benzene rings is 3. The minimum absolute atomic E-state index is 0.250. The van der Waals surface area contributed by atoms with Crippen molar-refractivity contribution < 1.29 is 27.1 Å². The molecule has 4 aromatic rings. The molecule has 0 aliphatic rings. The van der Waals surface area contributed by atoms with Crippen molar-refractivity contribution >= 4 is 22.9 Å². The van der Waals surface area contributed by atoms with E-state index in [4.69, 9.17) is 9.15 Å². The third-order valence-electron chi connectivity index (χ3n) is 4.77. The Morgan fingerprint density at radius 3 is 2.47 bits per heavy atom. The first kappa shape index (κ1) is 21.2. The number of hydrazone groups is 1. The number of alkyl halides is 3. The molecule has 0 fully saturated rings. The van der Waals surface area contributed by atoms with Crippen LogP contribution in [0.25, 0.3) is 22.1 Å². The Kier molecular flexibility index (Phi) is 5.68. The normalized spacial score (nSPS) is 11.8. The summed E-state index contributed by atoms with van der Waals surface area (Å²) in [7, 11) is 1.47. The third kappa shape index (κ3) is 4.49. The van der Waals surface area contributed by atoms with E-state index >= 15 is 0 Å². The molecule has 5 nitrogen and oxygen atoms in total. The second-order valence-electron chi connectivity index (χ2n) is 6.88. The molecule has 32 heavy (non-hydrogen) atoms. The van der Waals surface area contributed by atoms with Crippen LogP contribution in [-0.2, 0) is 6.18 Å². The van der Waals surface area contributed by atoms with E-state index < -0.39 is 17.6 Å². The van der Waals surface area contributed by atoms with Crippen molar-refractivity contribution in [3.05, 3.63) is 89.7 Å². The van der Waals surface area contributed by atoms with Gasteiger partial charge in [-0.1, -0.05) is 36.4 Å². The van der Waals surface area contributed by atoms with Crippen LogP contribution in [0.3, 0.4) is 0 Å². The van der Waals surface area contributed by atoms with Crippen LogP contribution >= 0.6 is 0 Å². The van der Waals surface area contributed by atoms with E-state index in [0.29, 0.717) is 11.3 Å². The number of hydrogen-bond acceptors (Lipinski definition) is 4. The minimum atomic E-state index is -4.44. The average Bonchev–Trinajstić information content (AvgIpc) is 3.26. The Balaban J connectivity index is 1.49. The molecule has 4 rings (SSSR count). The highest BCUT2D eigenvalue weighted by Gasteiger charge is 2.30. The van der Waals surface area contributed by atoms with Gasteiger partial charge in [0.1, 0.15) is 17.3 Å². The molecule has 0 unspecified atom stereocenters. The second kappa shape index (κ2) is 8.58. The number of carbonyl (C=O) groups excluding carboxylic acids is 1. The van der Waals surface area contributed by atoms with Gasteiger partial charge in [0.25, 0.3) is 5.91 Å². The standard InChI is InChI=1S/C24H17F3N2O3/c1-31-22-13-16-6-3-2-5-15(16)12-20(22)23(30)29-28-14-19-9-10-21(32-19)17-7-4-8-18(11-17)24(25,26)27/h2-14H,1H3,(H,29,30)/b28-14-. The summed E-state index contributed by atoms with van der Waals surface area (Å²) in [6, 6.07) is 18.9. The van der Waals surface area contributed by atoms with Gasteiger partial charge in [-0.2, -0.15) is 18.3 Å². The molecule has 0 atom stereocenters. The number of hydrogen-bond donors (Lipinski definition) is 1. The zero-order chi connectivity index (χ0) is 22.7. The van der Waals surface area contributed by atoms with Crippen LogP contribution in [0.4, 0.5) is 13.2 Å². The summed E-state index contributed by atoms with van der Waals surface area (Å²) in [4.78, 5) is 12.6. The lowest BCUT2D eigenvalue weighted by molar-refractivity contribution is -0.137. The largest absolute Gasteiger partial charge is 0.496 e. The van der Waals surface area contributed by atoms with Crippen molar-refractivity contribution in [3.63, 3.8) is 0 Å². The molecule has 1 aromatic heterocycles. The van der Waals surface area contributed by atoms with Crippen LogP contribution < -0.4 is 10.2 Å². The van der Waals surface area contributed by atoms with Crippen LogP contribution in [-0.4, -0.2) is 19.2 Å². The quantitative estimate of drug-likeness (QED) is 0.312. The third-order valence-corrected chi connectivity index (χ3v) is 4.77. The number of furan rings is 1. The maximum Gasteiger partial charge on any atom is 0.416 e. The number of methoxy groups -OCH3 is 1. The fourth-order valence-electron chi connectivity index (χ4n) is 3.21. The molecule has 1 amide bonds. The topological polar surface area (TPSA) is 63.8 Å². The molecule has 1 heterocycles. The van der Waals surface area contributed by atoms with Gasteiger partial charge in [0.05, 0.1) is 24.5 Å². The summed E-state index contributed by atoms with van der Waals surface area (Å²) in [5.41, 5.74) is 2.24. The van der Waals surface area contributed by atoms with Gasteiger partial charge in [0, 0.05) is 5.56 Å². The number of nitrogens with one attached hydrogen (secondary N) is 1. The number of amides is 1. The minimum Gasteiger partial charge on any atom is -0.496 e. The molecule has 162 valence electrons. The first-order valence-corrected chi connectivity index (χ1v) is 9.53. The maximum atomic E-state index is 12.9. The second-order valence-corrected chi connectivity index (χ2v) is 6.88. The zero-order valence-corrected chi connectivity index (χ0v) is 16.8. The van der Waals surface area contributed by atoms with Crippen LogP contribution in [0.15, 0.2) is 82.3 Å². The number of carbonyl (C=O) groups is 1. The van der Waals surface area contributed by atoms with Gasteiger partial charge in [-0.25, -0.2) is 5.43 Å². The highest BCUT2D eigenvalue weighted by molar-refractivity contribution is 6.01. The molecule has 3 aromatic carbocycles. The number of halogens is 3. The fourth-order valence-corrected chi connectivity index (χ4v) is 3.21. The summed E-state index contributed by atoms with van der Waals surface area (Å²) in [5, 5.41) is 5.69. The van der Waals surface area contributed by atoms with Gasteiger partial charge in [0.2, 0.25) is 0 Å². The Morgan fingerprint density at radius 1 is 1.00 bits per heavy atom. The van der Waals surface area contributed by atoms with Crippen LogP contribution in [0.1, 0.15) is 21.7 Å². The fraction of sp³-hybridized carbons (Fsp3) is 0.0833. The van der Waals surface area contributed by atoms with Gasteiger partial charge >= 0.3 is 6.18 Å². The average molecular weight is 438 g/mol. The lowest BCUT2D eigenvalue weighted by Gasteiger charge is -2.09. The molecule has 0 saturated carbocycles. The Morgan fingerprint density at radius 2 is 1.75 bits per heavy atom. The summed E-state index contributed by atoms with van der Waals surface area (Å²) in [6.45, 7) is 0. The zero-order valence-electron chi connectivity index (χ0n) is 16.8. The Labute approximate surface area is 181 Å². The maximum absolute atomic E-state index is 12.9. The molecule has 1 N–H and O–H groups in total. The van der Waals surface area contributed by atoms with Crippen LogP contribution in [0.5, 0.6) is 5.75 Å². The van der Waals surface area contributed by atoms with Gasteiger partial charge in [-0.15, -0.1) is 0 Å². The molecule has 0 spiro atoms. The molecule has 0 saturated heterocycles. The van der Waals surface area contributed by atoms with E-state index in [1.807, 2.05) is 24.3 Å². The van der Waals surface area contributed by atoms with E-state index in [9.17, 15) is 18.0 Å². The smallest absolute Gasteiger partial charge is 0.416 e. The van der Waals surface area contributed by atoms with Crippen molar-refractivity contribution in [2.24, 2.45) is 5.10 Å². The van der Waals surface area contributed by atoms with Gasteiger partial charge in [-0.3, -0.25) is 4.79 Å². The molecule has 0 radical (unpaired) electrons. The molecule has 0 aliphatic carbocycles. The number of ether oxygens (including phenoxy) is 1. The summed E-state index contributed by atoms with van der Waals surface area (Å²) < 4.78 is 49.6. The molecular formula is C24H17F3N2O3. The SMILES string of the molecule is COc1cc2ccccc2cc1C(=O)N/N=C\c1ccc(-c2cccc(C(F)(F)F)c2)o1. The molecule has 0 aliphatic heterocycles. The molecular weight excluding hydrogens is 421 g/mol. The summed E-state index contributed by atoms with van der Waals surface area (Å²) in [5.74, 6) is 0.443. The van der Waals surface area contributed by atoms with Crippen molar-refractivity contribution in [3.8, 4) is 17.1 Å². The first-order valence-electron chi connectivity index (χ1n) is 9.53. The molecule has 8 heteroatoms. The Bertz CT molecular complexity index is 1310. The van der Waals surface area contributed by atoms with Crippen molar-refractivity contribution in [1.29, 1.82) is 0 Å². The van der Waals surface area contributed by atoms with Crippen molar-refractivity contribution in [2.75, 3.05) is 7.11 Å². The highest BCUT2D eigenvalue weighted by atomic mass is 19.4. The van der Waals surface area contributed by atoms with E-state index in [-0.39, 0.29) is 17.1 Å². The predicted molar refractivity (Wildman–Crippen MR) is 115 cm³/mol. The molecule has 0 bridgehead atoms. The Hall–Kier alpha value is -4.07. The number of rotatable bonds is 5. The number of fused-ring (bicyclic) bond motifs is 1. The van der Waals surface area contributed by atoms with Crippen LogP contribution in [0.2, 0.25) is 0 Å².